The van der Waals surface area contributed by atoms with E-state index < -0.39 is 29.6 Å². The number of benzene rings is 2. The number of fused-ring (bicyclic) bond motifs is 1. The predicted molar refractivity (Wildman–Crippen MR) is 126 cm³/mol. The molecule has 0 aliphatic carbocycles. The van der Waals surface area contributed by atoms with E-state index in [9.17, 15) is 8.42 Å². The molecule has 1 aliphatic rings. The smallest absolute Gasteiger partial charge is 0.331 e. The Balaban J connectivity index is 1.83. The molecule has 0 aromatic heterocycles. The predicted octanol–water partition coefficient (Wildman–Crippen LogP) is 5.52. The lowest BCUT2D eigenvalue weighted by atomic mass is 10.1. The summed E-state index contributed by atoms with van der Waals surface area (Å²) < 4.78 is 55.2. The number of para-hydroxylation sites is 2. The van der Waals surface area contributed by atoms with Crippen LogP contribution in [-0.2, 0) is 14.9 Å². The van der Waals surface area contributed by atoms with Gasteiger partial charge in [-0.3, -0.25) is 0 Å². The van der Waals surface area contributed by atoms with Crippen molar-refractivity contribution in [3.8, 4) is 5.75 Å². The van der Waals surface area contributed by atoms with E-state index in [1.807, 2.05) is 0 Å². The Bertz CT molecular complexity index is 1050. The highest BCUT2D eigenvalue weighted by molar-refractivity contribution is 7.95. The fourth-order valence-corrected chi connectivity index (χ4v) is 6.20. The van der Waals surface area contributed by atoms with Crippen LogP contribution in [-0.4, -0.2) is 35.4 Å². The molecule has 1 heterocycles. The van der Waals surface area contributed by atoms with Gasteiger partial charge < -0.3 is 9.47 Å². The molecule has 2 aromatic carbocycles. The number of anilines is 3. The number of halogens is 1. The van der Waals surface area contributed by atoms with Crippen molar-refractivity contribution >= 4 is 35.3 Å². The maximum absolute atomic E-state index is 15.1. The molecule has 0 bridgehead atoms. The quantitative estimate of drug-likeness (QED) is 0.306. The number of rotatable bonds is 7. The van der Waals surface area contributed by atoms with Crippen LogP contribution in [0.5, 0.6) is 5.75 Å². The molecular formula is C22H31FN2O4SSi. The Kier molecular flexibility index (Phi) is 6.41. The van der Waals surface area contributed by atoms with E-state index >= 15 is 4.39 Å². The topological polar surface area (TPSA) is 59.1 Å². The first kappa shape index (κ1) is 23.6. The molecule has 31 heavy (non-hydrogen) atoms. The summed E-state index contributed by atoms with van der Waals surface area (Å²) in [7, 11) is -5.19. The highest BCUT2D eigenvalue weighted by atomic mass is 32.2. The van der Waals surface area contributed by atoms with Gasteiger partial charge in [-0.2, -0.15) is 8.42 Å². The molecule has 0 unspecified atom stereocenters. The zero-order valence-corrected chi connectivity index (χ0v) is 20.8. The molecule has 2 aromatic rings. The van der Waals surface area contributed by atoms with E-state index in [4.69, 9.17) is 9.47 Å². The molecular weight excluding hydrogens is 435 g/mol. The summed E-state index contributed by atoms with van der Waals surface area (Å²) in [5.74, 6) is -0.402. The molecule has 0 spiro atoms. The van der Waals surface area contributed by atoms with E-state index in [1.165, 1.54) is 16.4 Å². The molecule has 0 saturated carbocycles. The maximum Gasteiger partial charge on any atom is 0.331 e. The molecule has 0 atom stereocenters. The van der Waals surface area contributed by atoms with E-state index in [2.05, 4.69) is 19.6 Å². The molecule has 6 nitrogen and oxygen atoms in total. The second-order valence-electron chi connectivity index (χ2n) is 9.79. The minimum Gasteiger partial charge on any atom is -0.467 e. The molecule has 0 N–H and O–H groups in total. The third kappa shape index (κ3) is 5.04. The Morgan fingerprint density at radius 3 is 2.23 bits per heavy atom. The molecule has 3 rings (SSSR count). The average Bonchev–Trinajstić information content (AvgIpc) is 2.87. The number of hydrogen-bond acceptors (Lipinski definition) is 4. The second-order valence-corrected chi connectivity index (χ2v) is 17.0. The first-order valence-corrected chi connectivity index (χ1v) is 15.4. The van der Waals surface area contributed by atoms with Gasteiger partial charge in [0, 0.05) is 26.3 Å². The molecule has 0 fully saturated rings. The average molecular weight is 467 g/mol. The maximum atomic E-state index is 15.1. The van der Waals surface area contributed by atoms with E-state index in [0.717, 1.165) is 10.3 Å². The Morgan fingerprint density at radius 1 is 1.00 bits per heavy atom. The summed E-state index contributed by atoms with van der Waals surface area (Å²) in [6, 6.07) is 12.1. The first-order chi connectivity index (χ1) is 14.3. The van der Waals surface area contributed by atoms with Gasteiger partial charge in [0.25, 0.3) is 0 Å². The van der Waals surface area contributed by atoms with Gasteiger partial charge in [-0.15, -0.1) is 0 Å². The van der Waals surface area contributed by atoms with Crippen LogP contribution in [0.25, 0.3) is 0 Å². The fraction of sp³-hybridized carbons (Fsp3) is 0.455. The Hall–Kier alpha value is -2.10. The van der Waals surface area contributed by atoms with Crippen LogP contribution >= 0.6 is 0 Å². The van der Waals surface area contributed by atoms with Crippen LogP contribution in [0.1, 0.15) is 20.8 Å². The number of ether oxygens (including phenoxy) is 2. The first-order valence-electron chi connectivity index (χ1n) is 10.3. The van der Waals surface area contributed by atoms with Crippen molar-refractivity contribution in [3.63, 3.8) is 0 Å². The summed E-state index contributed by atoms with van der Waals surface area (Å²) in [6.45, 7) is 12.8. The lowest BCUT2D eigenvalue weighted by Gasteiger charge is -2.33. The lowest BCUT2D eigenvalue weighted by molar-refractivity contribution is 0.0219. The van der Waals surface area contributed by atoms with Crippen molar-refractivity contribution in [3.05, 3.63) is 48.3 Å². The van der Waals surface area contributed by atoms with Crippen LogP contribution < -0.4 is 13.3 Å². The Labute approximate surface area is 185 Å². The Morgan fingerprint density at radius 2 is 1.65 bits per heavy atom. The van der Waals surface area contributed by atoms with Crippen LogP contribution in [0.3, 0.4) is 0 Å². The normalized spacial score (nSPS) is 15.8. The van der Waals surface area contributed by atoms with Gasteiger partial charge in [-0.25, -0.2) is 13.0 Å². The van der Waals surface area contributed by atoms with Gasteiger partial charge in [0.05, 0.1) is 17.1 Å². The summed E-state index contributed by atoms with van der Waals surface area (Å²) >= 11 is 0. The minimum atomic E-state index is -4.01. The van der Waals surface area contributed by atoms with Gasteiger partial charge in [0.2, 0.25) is 0 Å². The third-order valence-corrected chi connectivity index (χ3v) is 8.60. The summed E-state index contributed by atoms with van der Waals surface area (Å²) in [6.07, 6.45) is 0. The second kappa shape index (κ2) is 8.44. The third-order valence-electron chi connectivity index (χ3n) is 4.83. The molecule has 1 aliphatic heterocycles. The van der Waals surface area contributed by atoms with Crippen molar-refractivity contribution in [2.45, 2.75) is 52.0 Å². The van der Waals surface area contributed by atoms with Crippen LogP contribution in [0.15, 0.2) is 42.5 Å². The summed E-state index contributed by atoms with van der Waals surface area (Å²) in [4.78, 5) is 0. The molecule has 9 heteroatoms. The van der Waals surface area contributed by atoms with Gasteiger partial charge in [-0.05, 0) is 51.1 Å². The lowest BCUT2D eigenvalue weighted by Crippen LogP contribution is -2.47. The van der Waals surface area contributed by atoms with E-state index in [0.29, 0.717) is 18.0 Å². The van der Waals surface area contributed by atoms with Gasteiger partial charge >= 0.3 is 10.2 Å². The monoisotopic (exact) mass is 466 g/mol. The minimum absolute atomic E-state index is 0.0198. The van der Waals surface area contributed by atoms with Gasteiger partial charge in [0.1, 0.15) is 5.75 Å². The summed E-state index contributed by atoms with van der Waals surface area (Å²) in [5, 5.41) is 0. The van der Waals surface area contributed by atoms with E-state index in [1.54, 1.807) is 51.1 Å². The van der Waals surface area contributed by atoms with E-state index in [-0.39, 0.29) is 18.2 Å². The van der Waals surface area contributed by atoms with Crippen LogP contribution in [0, 0.1) is 5.82 Å². The van der Waals surface area contributed by atoms with Crippen LogP contribution in [0.4, 0.5) is 21.5 Å². The van der Waals surface area contributed by atoms with Crippen molar-refractivity contribution < 1.29 is 22.3 Å². The van der Waals surface area contributed by atoms with Crippen molar-refractivity contribution in [1.29, 1.82) is 0 Å². The SMILES string of the molecule is CC(C)(C)N1c2ccccc2N(c2ccc(OCOCC[Si](C)(C)C)cc2F)S1(=O)=O. The zero-order chi connectivity index (χ0) is 23.0. The molecule has 0 radical (unpaired) electrons. The molecule has 0 saturated heterocycles. The summed E-state index contributed by atoms with van der Waals surface area (Å²) in [5.41, 5.74) is 0.174. The fourth-order valence-electron chi connectivity index (χ4n) is 3.39. The molecule has 170 valence electrons. The van der Waals surface area contributed by atoms with Gasteiger partial charge in [0.15, 0.2) is 12.6 Å². The van der Waals surface area contributed by atoms with Crippen molar-refractivity contribution in [1.82, 2.24) is 0 Å². The van der Waals surface area contributed by atoms with Crippen LogP contribution in [0.2, 0.25) is 25.7 Å². The number of nitrogens with zero attached hydrogens (tertiary/aromatic N) is 2. The van der Waals surface area contributed by atoms with Crippen molar-refractivity contribution in [2.24, 2.45) is 0 Å². The zero-order valence-electron chi connectivity index (χ0n) is 19.0. The highest BCUT2D eigenvalue weighted by Crippen LogP contribution is 2.48. The molecule has 0 amide bonds. The van der Waals surface area contributed by atoms with Gasteiger partial charge in [-0.1, -0.05) is 31.8 Å². The highest BCUT2D eigenvalue weighted by Gasteiger charge is 2.47. The van der Waals surface area contributed by atoms with Crippen molar-refractivity contribution in [2.75, 3.05) is 22.0 Å². The number of hydrogen-bond donors (Lipinski definition) is 0. The standard InChI is InChI=1S/C22H31FN2O4SSi/c1-22(2,3)25-21-10-8-7-9-20(21)24(30(25,26)27)19-12-11-17(15-18(19)23)29-16-28-13-14-31(4,5)6/h7-12,15H,13-14,16H2,1-6H3. The largest absolute Gasteiger partial charge is 0.467 e.